The predicted octanol–water partition coefficient (Wildman–Crippen LogP) is 2.70. The van der Waals surface area contributed by atoms with E-state index in [0.29, 0.717) is 5.75 Å². The molecule has 0 saturated carbocycles. The standard InChI is InChI=1S/C12H13BrN2O2/c1-8(16)12-10(4-3-5-11(12)17-2)15-7-9(13)6-14-15/h3-8,16H,1-2H3/t8-/m1/s1. The van der Waals surface area contributed by atoms with Crippen molar-refractivity contribution in [1.29, 1.82) is 0 Å². The van der Waals surface area contributed by atoms with Gasteiger partial charge in [-0.05, 0) is 35.0 Å². The maximum absolute atomic E-state index is 9.85. The van der Waals surface area contributed by atoms with Gasteiger partial charge in [0.15, 0.2) is 0 Å². The summed E-state index contributed by atoms with van der Waals surface area (Å²) in [6, 6.07) is 5.59. The lowest BCUT2D eigenvalue weighted by atomic mass is 10.1. The first-order chi connectivity index (χ1) is 8.13. The molecule has 0 amide bonds. The van der Waals surface area contributed by atoms with Gasteiger partial charge in [-0.2, -0.15) is 5.10 Å². The zero-order chi connectivity index (χ0) is 12.4. The minimum absolute atomic E-state index is 0.621. The SMILES string of the molecule is COc1cccc(-n2cc(Br)cn2)c1[C@@H](C)O. The number of ether oxygens (including phenoxy) is 1. The quantitative estimate of drug-likeness (QED) is 0.947. The molecule has 0 radical (unpaired) electrons. The van der Waals surface area contributed by atoms with Crippen molar-refractivity contribution in [3.63, 3.8) is 0 Å². The third-order valence-electron chi connectivity index (χ3n) is 2.48. The molecule has 1 aromatic heterocycles. The number of hydrogen-bond acceptors (Lipinski definition) is 3. The second-order valence-corrected chi connectivity index (χ2v) is 4.59. The van der Waals surface area contributed by atoms with Crippen LogP contribution in [-0.4, -0.2) is 22.0 Å². The summed E-state index contributed by atoms with van der Waals surface area (Å²) in [7, 11) is 1.59. The van der Waals surface area contributed by atoms with Crippen molar-refractivity contribution >= 4 is 15.9 Å². The molecular weight excluding hydrogens is 284 g/mol. The van der Waals surface area contributed by atoms with Crippen LogP contribution in [0.3, 0.4) is 0 Å². The average Bonchev–Trinajstić information content (AvgIpc) is 2.74. The Kier molecular flexibility index (Phi) is 3.49. The number of nitrogens with zero attached hydrogens (tertiary/aromatic N) is 2. The second kappa shape index (κ2) is 4.89. The summed E-state index contributed by atoms with van der Waals surface area (Å²) in [5.41, 5.74) is 1.54. The molecule has 0 aliphatic rings. The van der Waals surface area contributed by atoms with Crippen LogP contribution >= 0.6 is 15.9 Å². The van der Waals surface area contributed by atoms with E-state index in [4.69, 9.17) is 4.74 Å². The highest BCUT2D eigenvalue weighted by atomic mass is 79.9. The second-order valence-electron chi connectivity index (χ2n) is 3.67. The molecule has 0 saturated heterocycles. The molecule has 0 spiro atoms. The van der Waals surface area contributed by atoms with Gasteiger partial charge in [0.05, 0.1) is 29.6 Å². The zero-order valence-corrected chi connectivity index (χ0v) is 11.2. The summed E-state index contributed by atoms with van der Waals surface area (Å²) in [6.07, 6.45) is 2.91. The Morgan fingerprint density at radius 1 is 1.47 bits per heavy atom. The van der Waals surface area contributed by atoms with Crippen molar-refractivity contribution in [2.75, 3.05) is 7.11 Å². The number of hydrogen-bond donors (Lipinski definition) is 1. The van der Waals surface area contributed by atoms with E-state index in [9.17, 15) is 5.11 Å². The molecule has 1 N–H and O–H groups in total. The predicted molar refractivity (Wildman–Crippen MR) is 68.4 cm³/mol. The maximum atomic E-state index is 9.85. The molecule has 2 aromatic rings. The topological polar surface area (TPSA) is 47.3 Å². The van der Waals surface area contributed by atoms with Gasteiger partial charge in [-0.3, -0.25) is 0 Å². The molecule has 0 bridgehead atoms. The van der Waals surface area contributed by atoms with Crippen molar-refractivity contribution < 1.29 is 9.84 Å². The number of aromatic nitrogens is 2. The van der Waals surface area contributed by atoms with Crippen molar-refractivity contribution in [3.8, 4) is 11.4 Å². The van der Waals surface area contributed by atoms with E-state index < -0.39 is 6.10 Å². The lowest BCUT2D eigenvalue weighted by Gasteiger charge is -2.15. The maximum Gasteiger partial charge on any atom is 0.126 e. The number of aliphatic hydroxyl groups is 1. The first kappa shape index (κ1) is 12.1. The molecule has 1 atom stereocenters. The van der Waals surface area contributed by atoms with Gasteiger partial charge in [0, 0.05) is 11.8 Å². The van der Waals surface area contributed by atoms with Crippen LogP contribution in [0.4, 0.5) is 0 Å². The molecular formula is C12H13BrN2O2. The van der Waals surface area contributed by atoms with Crippen LogP contribution in [-0.2, 0) is 0 Å². The van der Waals surface area contributed by atoms with Gasteiger partial charge in [0.2, 0.25) is 0 Å². The summed E-state index contributed by atoms with van der Waals surface area (Å²) in [6.45, 7) is 1.71. The van der Waals surface area contributed by atoms with Crippen LogP contribution < -0.4 is 4.74 Å². The smallest absolute Gasteiger partial charge is 0.126 e. The Hall–Kier alpha value is -1.33. The van der Waals surface area contributed by atoms with Crippen LogP contribution in [0, 0.1) is 0 Å². The summed E-state index contributed by atoms with van der Waals surface area (Å²) in [5.74, 6) is 0.657. The number of benzene rings is 1. The Bertz CT molecular complexity index is 523. The number of halogens is 1. The lowest BCUT2D eigenvalue weighted by molar-refractivity contribution is 0.194. The molecule has 4 nitrogen and oxygen atoms in total. The van der Waals surface area contributed by atoms with Crippen LogP contribution in [0.1, 0.15) is 18.6 Å². The molecule has 0 aliphatic carbocycles. The van der Waals surface area contributed by atoms with E-state index in [-0.39, 0.29) is 0 Å². The van der Waals surface area contributed by atoms with Gasteiger partial charge >= 0.3 is 0 Å². The van der Waals surface area contributed by atoms with E-state index in [1.165, 1.54) is 0 Å². The summed E-state index contributed by atoms with van der Waals surface area (Å²) < 4.78 is 7.85. The van der Waals surface area contributed by atoms with Crippen molar-refractivity contribution in [2.24, 2.45) is 0 Å². The molecule has 17 heavy (non-hydrogen) atoms. The third-order valence-corrected chi connectivity index (χ3v) is 2.89. The Morgan fingerprint density at radius 3 is 2.76 bits per heavy atom. The normalized spacial score (nSPS) is 12.5. The molecule has 0 unspecified atom stereocenters. The van der Waals surface area contributed by atoms with Crippen LogP contribution in [0.5, 0.6) is 5.75 Å². The molecule has 2 rings (SSSR count). The molecule has 1 heterocycles. The number of aliphatic hydroxyl groups excluding tert-OH is 1. The summed E-state index contributed by atoms with van der Waals surface area (Å²) >= 11 is 3.35. The molecule has 1 aromatic carbocycles. The van der Waals surface area contributed by atoms with Crippen molar-refractivity contribution in [2.45, 2.75) is 13.0 Å². The highest BCUT2D eigenvalue weighted by Crippen LogP contribution is 2.31. The minimum Gasteiger partial charge on any atom is -0.496 e. The average molecular weight is 297 g/mol. The van der Waals surface area contributed by atoms with Crippen LogP contribution in [0.2, 0.25) is 0 Å². The number of rotatable bonds is 3. The highest BCUT2D eigenvalue weighted by Gasteiger charge is 2.15. The number of methoxy groups -OCH3 is 1. The van der Waals surface area contributed by atoms with E-state index in [0.717, 1.165) is 15.7 Å². The van der Waals surface area contributed by atoms with E-state index in [1.54, 1.807) is 24.9 Å². The van der Waals surface area contributed by atoms with Crippen LogP contribution in [0.25, 0.3) is 5.69 Å². The lowest BCUT2D eigenvalue weighted by Crippen LogP contribution is -2.05. The van der Waals surface area contributed by atoms with Gasteiger partial charge in [-0.1, -0.05) is 6.07 Å². The monoisotopic (exact) mass is 296 g/mol. The Morgan fingerprint density at radius 2 is 2.24 bits per heavy atom. The first-order valence-electron chi connectivity index (χ1n) is 5.19. The molecule has 5 heteroatoms. The van der Waals surface area contributed by atoms with Gasteiger partial charge < -0.3 is 9.84 Å². The summed E-state index contributed by atoms with van der Waals surface area (Å²) in [5, 5.41) is 14.1. The zero-order valence-electron chi connectivity index (χ0n) is 9.59. The first-order valence-corrected chi connectivity index (χ1v) is 5.98. The molecule has 0 fully saturated rings. The fraction of sp³-hybridized carbons (Fsp3) is 0.250. The largest absolute Gasteiger partial charge is 0.496 e. The van der Waals surface area contributed by atoms with E-state index in [2.05, 4.69) is 21.0 Å². The Labute approximate surface area is 108 Å². The third kappa shape index (κ3) is 2.35. The highest BCUT2D eigenvalue weighted by molar-refractivity contribution is 9.10. The molecule has 90 valence electrons. The van der Waals surface area contributed by atoms with Gasteiger partial charge in [-0.15, -0.1) is 0 Å². The minimum atomic E-state index is -0.621. The van der Waals surface area contributed by atoms with Crippen molar-refractivity contribution in [3.05, 3.63) is 40.6 Å². The fourth-order valence-electron chi connectivity index (χ4n) is 1.76. The summed E-state index contributed by atoms with van der Waals surface area (Å²) in [4.78, 5) is 0. The van der Waals surface area contributed by atoms with E-state index >= 15 is 0 Å². The van der Waals surface area contributed by atoms with Crippen molar-refractivity contribution in [1.82, 2.24) is 9.78 Å². The fourth-order valence-corrected chi connectivity index (χ4v) is 2.05. The van der Waals surface area contributed by atoms with Gasteiger partial charge in [0.25, 0.3) is 0 Å². The van der Waals surface area contributed by atoms with Crippen LogP contribution in [0.15, 0.2) is 35.1 Å². The Balaban J connectivity index is 2.60. The van der Waals surface area contributed by atoms with Gasteiger partial charge in [0.1, 0.15) is 5.75 Å². The van der Waals surface area contributed by atoms with E-state index in [1.807, 2.05) is 24.4 Å². The molecule has 0 aliphatic heterocycles. The van der Waals surface area contributed by atoms with Gasteiger partial charge in [-0.25, -0.2) is 4.68 Å².